The fourth-order valence-corrected chi connectivity index (χ4v) is 2.56. The van der Waals surface area contributed by atoms with Crippen LogP contribution in [0.3, 0.4) is 0 Å². The molecule has 1 aliphatic heterocycles. The predicted octanol–water partition coefficient (Wildman–Crippen LogP) is 2.73. The molecule has 2 atom stereocenters. The summed E-state index contributed by atoms with van der Waals surface area (Å²) in [6.07, 6.45) is 1.36. The summed E-state index contributed by atoms with van der Waals surface area (Å²) in [7, 11) is 1.77. The van der Waals surface area contributed by atoms with E-state index in [1.807, 2.05) is 12.1 Å². The van der Waals surface area contributed by atoms with E-state index in [0.29, 0.717) is 5.92 Å². The van der Waals surface area contributed by atoms with Crippen molar-refractivity contribution in [2.75, 3.05) is 25.1 Å². The van der Waals surface area contributed by atoms with Crippen molar-refractivity contribution in [1.29, 1.82) is 5.26 Å². The average Bonchev–Trinajstić information content (AvgIpc) is 2.39. The van der Waals surface area contributed by atoms with Crippen LogP contribution in [0.15, 0.2) is 18.2 Å². The van der Waals surface area contributed by atoms with E-state index < -0.39 is 0 Å². The van der Waals surface area contributed by atoms with Crippen LogP contribution >= 0.6 is 0 Å². The van der Waals surface area contributed by atoms with Gasteiger partial charge in [-0.05, 0) is 37.0 Å². The van der Waals surface area contributed by atoms with Crippen molar-refractivity contribution in [2.24, 2.45) is 5.92 Å². The van der Waals surface area contributed by atoms with E-state index in [1.165, 1.54) is 5.56 Å². The Bertz CT molecular complexity index is 464. The lowest BCUT2D eigenvalue weighted by Gasteiger charge is -2.38. The fraction of sp³-hybridized carbons (Fsp3) is 0.533. The van der Waals surface area contributed by atoms with Gasteiger partial charge in [0.15, 0.2) is 0 Å². The maximum Gasteiger partial charge on any atom is 0.101 e. The number of ether oxygens (including phenoxy) is 1. The quantitative estimate of drug-likeness (QED) is 0.802. The Labute approximate surface area is 109 Å². The SMILES string of the molecule is COC1CN(c2cc(C)ccc2C#N)CCC1C. The molecule has 0 saturated carbocycles. The Balaban J connectivity index is 2.27. The number of benzene rings is 1. The Hall–Kier alpha value is -1.53. The topological polar surface area (TPSA) is 36.3 Å². The molecule has 18 heavy (non-hydrogen) atoms. The summed E-state index contributed by atoms with van der Waals surface area (Å²) in [5, 5.41) is 9.21. The molecule has 0 spiro atoms. The van der Waals surface area contributed by atoms with Gasteiger partial charge in [-0.15, -0.1) is 0 Å². The maximum absolute atomic E-state index is 9.21. The lowest BCUT2D eigenvalue weighted by Crippen LogP contribution is -2.44. The first-order valence-corrected chi connectivity index (χ1v) is 6.44. The van der Waals surface area contributed by atoms with Crippen LogP contribution in [-0.2, 0) is 4.74 Å². The van der Waals surface area contributed by atoms with Crippen molar-refractivity contribution in [3.8, 4) is 6.07 Å². The van der Waals surface area contributed by atoms with Crippen LogP contribution in [0.4, 0.5) is 5.69 Å². The van der Waals surface area contributed by atoms with Crippen LogP contribution in [0.2, 0.25) is 0 Å². The van der Waals surface area contributed by atoms with E-state index in [2.05, 4.69) is 30.9 Å². The van der Waals surface area contributed by atoms with Gasteiger partial charge >= 0.3 is 0 Å². The molecule has 2 rings (SSSR count). The predicted molar refractivity (Wildman–Crippen MR) is 72.7 cm³/mol. The summed E-state index contributed by atoms with van der Waals surface area (Å²) in [5.41, 5.74) is 2.99. The van der Waals surface area contributed by atoms with Gasteiger partial charge in [-0.25, -0.2) is 0 Å². The molecule has 0 radical (unpaired) electrons. The van der Waals surface area contributed by atoms with E-state index in [1.54, 1.807) is 7.11 Å². The van der Waals surface area contributed by atoms with Crippen molar-refractivity contribution < 1.29 is 4.74 Å². The molecule has 2 unspecified atom stereocenters. The number of hydrogen-bond acceptors (Lipinski definition) is 3. The van der Waals surface area contributed by atoms with Gasteiger partial charge in [0.05, 0.1) is 17.4 Å². The van der Waals surface area contributed by atoms with Gasteiger partial charge in [-0.3, -0.25) is 0 Å². The summed E-state index contributed by atoms with van der Waals surface area (Å²) in [6, 6.07) is 8.28. The van der Waals surface area contributed by atoms with E-state index in [9.17, 15) is 5.26 Å². The Morgan fingerprint density at radius 3 is 2.89 bits per heavy atom. The van der Waals surface area contributed by atoms with Crippen LogP contribution < -0.4 is 4.90 Å². The molecule has 0 aliphatic carbocycles. The Kier molecular flexibility index (Phi) is 3.88. The minimum absolute atomic E-state index is 0.255. The van der Waals surface area contributed by atoms with E-state index >= 15 is 0 Å². The second-order valence-corrected chi connectivity index (χ2v) is 5.12. The van der Waals surface area contributed by atoms with Crippen LogP contribution in [-0.4, -0.2) is 26.3 Å². The summed E-state index contributed by atoms with van der Waals surface area (Å²) in [4.78, 5) is 2.28. The van der Waals surface area contributed by atoms with Gasteiger partial charge < -0.3 is 9.64 Å². The lowest BCUT2D eigenvalue weighted by molar-refractivity contribution is 0.0498. The van der Waals surface area contributed by atoms with E-state index in [0.717, 1.165) is 30.8 Å². The highest BCUT2D eigenvalue weighted by molar-refractivity contribution is 5.61. The minimum Gasteiger partial charge on any atom is -0.379 e. The van der Waals surface area contributed by atoms with Crippen LogP contribution in [0.1, 0.15) is 24.5 Å². The standard InChI is InChI=1S/C15H20N2O/c1-11-4-5-13(9-16)14(8-11)17-7-6-12(2)15(10-17)18-3/h4-5,8,12,15H,6-7,10H2,1-3H3. The van der Waals surface area contributed by atoms with Crippen molar-refractivity contribution in [3.05, 3.63) is 29.3 Å². The van der Waals surface area contributed by atoms with Crippen molar-refractivity contribution >= 4 is 5.69 Å². The number of hydrogen-bond donors (Lipinski definition) is 0. The summed E-state index contributed by atoms with van der Waals surface area (Å²) < 4.78 is 5.53. The lowest BCUT2D eigenvalue weighted by atomic mass is 9.94. The first-order chi connectivity index (χ1) is 8.65. The van der Waals surface area contributed by atoms with Gasteiger partial charge in [-0.2, -0.15) is 5.26 Å². The van der Waals surface area contributed by atoms with E-state index in [4.69, 9.17) is 4.74 Å². The van der Waals surface area contributed by atoms with Crippen molar-refractivity contribution in [1.82, 2.24) is 0 Å². The Morgan fingerprint density at radius 1 is 1.44 bits per heavy atom. The number of rotatable bonds is 2. The monoisotopic (exact) mass is 244 g/mol. The summed E-state index contributed by atoms with van der Waals surface area (Å²) in [5.74, 6) is 0.585. The van der Waals surface area contributed by atoms with Gasteiger partial charge in [-0.1, -0.05) is 13.0 Å². The maximum atomic E-state index is 9.21. The molecular formula is C15H20N2O. The molecule has 3 heteroatoms. The van der Waals surface area contributed by atoms with Crippen LogP contribution in [0.25, 0.3) is 0 Å². The zero-order valence-corrected chi connectivity index (χ0v) is 11.3. The number of nitriles is 1. The molecule has 1 fully saturated rings. The molecule has 3 nitrogen and oxygen atoms in total. The molecule has 0 aromatic heterocycles. The molecular weight excluding hydrogens is 224 g/mol. The molecule has 1 aliphatic rings. The first kappa shape index (κ1) is 12.9. The number of methoxy groups -OCH3 is 1. The van der Waals surface area contributed by atoms with Crippen molar-refractivity contribution in [3.63, 3.8) is 0 Å². The molecule has 96 valence electrons. The number of nitrogens with zero attached hydrogens (tertiary/aromatic N) is 2. The highest BCUT2D eigenvalue weighted by Gasteiger charge is 2.27. The highest BCUT2D eigenvalue weighted by atomic mass is 16.5. The number of anilines is 1. The molecule has 0 N–H and O–H groups in total. The van der Waals surface area contributed by atoms with Crippen LogP contribution in [0.5, 0.6) is 0 Å². The zero-order valence-electron chi connectivity index (χ0n) is 11.3. The second-order valence-electron chi connectivity index (χ2n) is 5.12. The van der Waals surface area contributed by atoms with E-state index in [-0.39, 0.29) is 6.10 Å². The van der Waals surface area contributed by atoms with Gasteiger partial charge in [0, 0.05) is 20.2 Å². The Morgan fingerprint density at radius 2 is 2.22 bits per heavy atom. The normalized spacial score (nSPS) is 23.8. The molecule has 1 aromatic rings. The van der Waals surface area contributed by atoms with Crippen LogP contribution in [0, 0.1) is 24.2 Å². The molecule has 1 heterocycles. The first-order valence-electron chi connectivity index (χ1n) is 6.44. The van der Waals surface area contributed by atoms with Crippen molar-refractivity contribution in [2.45, 2.75) is 26.4 Å². The smallest absolute Gasteiger partial charge is 0.101 e. The average molecular weight is 244 g/mol. The third kappa shape index (κ3) is 2.49. The minimum atomic E-state index is 0.255. The molecule has 0 bridgehead atoms. The fourth-order valence-electron chi connectivity index (χ4n) is 2.56. The third-order valence-corrected chi connectivity index (χ3v) is 3.81. The molecule has 0 amide bonds. The van der Waals surface area contributed by atoms with Gasteiger partial charge in [0.25, 0.3) is 0 Å². The molecule has 1 aromatic carbocycles. The largest absolute Gasteiger partial charge is 0.379 e. The van der Waals surface area contributed by atoms with Gasteiger partial charge in [0.1, 0.15) is 6.07 Å². The third-order valence-electron chi connectivity index (χ3n) is 3.81. The summed E-state index contributed by atoms with van der Waals surface area (Å²) in [6.45, 7) is 6.16. The summed E-state index contributed by atoms with van der Waals surface area (Å²) >= 11 is 0. The second kappa shape index (κ2) is 5.41. The van der Waals surface area contributed by atoms with Gasteiger partial charge in [0.2, 0.25) is 0 Å². The number of piperidine rings is 1. The number of aryl methyl sites for hydroxylation is 1. The zero-order chi connectivity index (χ0) is 13.1. The highest BCUT2D eigenvalue weighted by Crippen LogP contribution is 2.28. The molecule has 1 saturated heterocycles.